The van der Waals surface area contributed by atoms with Crippen LogP contribution in [0.2, 0.25) is 0 Å². The van der Waals surface area contributed by atoms with Crippen LogP contribution in [0.1, 0.15) is 11.0 Å². The fourth-order valence-electron chi connectivity index (χ4n) is 8.64. The molecule has 3 nitrogen and oxygen atoms in total. The van der Waals surface area contributed by atoms with Gasteiger partial charge in [0.2, 0.25) is 0 Å². The minimum absolute atomic E-state index is 0.0828. The summed E-state index contributed by atoms with van der Waals surface area (Å²) in [5.74, 6) is 0. The number of hydrogen-bond acceptors (Lipinski definition) is 2. The van der Waals surface area contributed by atoms with Crippen molar-refractivity contribution in [2.45, 2.75) is 0 Å². The number of aromatic nitrogens is 1. The molecule has 0 atom stereocenters. The van der Waals surface area contributed by atoms with Crippen LogP contribution in [-0.2, 0) is 0 Å². The largest absolute Gasteiger partial charge is 0.455 e. The number of benzene rings is 10. The highest BCUT2D eigenvalue weighted by Crippen LogP contribution is 2.45. The number of fused-ring (bicyclic) bond motifs is 8. The first-order valence-electron chi connectivity index (χ1n) is 24.2. The zero-order chi connectivity index (χ0) is 47.2. The third kappa shape index (κ3) is 5.90. The first-order valence-corrected chi connectivity index (χ1v) is 20.2. The van der Waals surface area contributed by atoms with Crippen molar-refractivity contribution in [2.24, 2.45) is 0 Å². The van der Waals surface area contributed by atoms with E-state index >= 15 is 0 Å². The summed E-state index contributed by atoms with van der Waals surface area (Å²) < 4.78 is 86.3. The Morgan fingerprint density at radius 3 is 1.70 bits per heavy atom. The van der Waals surface area contributed by atoms with Gasteiger partial charge < -0.3 is 13.9 Å². The summed E-state index contributed by atoms with van der Waals surface area (Å²) in [6.45, 7) is 0. The summed E-state index contributed by atoms with van der Waals surface area (Å²) in [7, 11) is 0. The molecule has 0 unspecified atom stereocenters. The fraction of sp³-hybridized carbons (Fsp3) is 0. The predicted octanol–water partition coefficient (Wildman–Crippen LogP) is 16.3. The van der Waals surface area contributed by atoms with E-state index in [4.69, 9.17) is 4.42 Å². The van der Waals surface area contributed by atoms with Gasteiger partial charge in [-0.2, -0.15) is 0 Å². The smallest absolute Gasteiger partial charge is 0.143 e. The lowest BCUT2D eigenvalue weighted by Crippen LogP contribution is -2.10. The third-order valence-electron chi connectivity index (χ3n) is 11.5. The van der Waals surface area contributed by atoms with Crippen molar-refractivity contribution in [1.29, 1.82) is 0 Å². The molecule has 0 saturated heterocycles. The van der Waals surface area contributed by atoms with Crippen LogP contribution in [0.5, 0.6) is 0 Å². The lowest BCUT2D eigenvalue weighted by molar-refractivity contribution is 0.672. The third-order valence-corrected chi connectivity index (χ3v) is 11.5. The van der Waals surface area contributed by atoms with Crippen LogP contribution in [0.3, 0.4) is 0 Å². The first kappa shape index (κ1) is 27.5. The lowest BCUT2D eigenvalue weighted by atomic mass is 9.99. The van der Waals surface area contributed by atoms with Crippen molar-refractivity contribution in [1.82, 2.24) is 4.57 Å². The van der Waals surface area contributed by atoms with E-state index in [1.165, 1.54) is 4.90 Å². The molecule has 3 heteroatoms. The van der Waals surface area contributed by atoms with Gasteiger partial charge in [0.25, 0.3) is 0 Å². The topological polar surface area (TPSA) is 21.3 Å². The Labute approximate surface area is 364 Å². The van der Waals surface area contributed by atoms with Crippen molar-refractivity contribution >= 4 is 71.6 Å². The van der Waals surface area contributed by atoms with E-state index in [-0.39, 0.29) is 46.7 Å². The number of furan rings is 1. The first-order chi connectivity index (χ1) is 33.6. The Kier molecular flexibility index (Phi) is 6.45. The van der Waals surface area contributed by atoms with Crippen LogP contribution in [-0.4, -0.2) is 4.57 Å². The van der Waals surface area contributed by atoms with Crippen LogP contribution in [0.25, 0.3) is 93.6 Å². The molecule has 0 saturated carbocycles. The van der Waals surface area contributed by atoms with Crippen LogP contribution in [0.4, 0.5) is 17.1 Å². The molecule has 0 spiro atoms. The molecule has 2 aromatic heterocycles. The molecule has 0 amide bonds. The average Bonchev–Trinajstić information content (AvgIpc) is 3.94. The number of rotatable bonds is 7. The van der Waals surface area contributed by atoms with Gasteiger partial charge in [-0.05, 0) is 111 Å². The van der Waals surface area contributed by atoms with Crippen molar-refractivity contribution in [3.05, 3.63) is 230 Å². The highest BCUT2D eigenvalue weighted by molar-refractivity contribution is 6.19. The van der Waals surface area contributed by atoms with Crippen molar-refractivity contribution in [2.75, 3.05) is 4.90 Å². The minimum Gasteiger partial charge on any atom is -0.455 e. The van der Waals surface area contributed by atoms with Gasteiger partial charge in [0.1, 0.15) is 11.2 Å². The fourth-order valence-corrected chi connectivity index (χ4v) is 8.64. The summed E-state index contributed by atoms with van der Waals surface area (Å²) >= 11 is 0. The molecule has 12 aromatic rings. The summed E-state index contributed by atoms with van der Waals surface area (Å²) in [6, 6.07) is 54.8. The monoisotopic (exact) mass is 786 g/mol. The van der Waals surface area contributed by atoms with Gasteiger partial charge in [0, 0.05) is 38.6 Å². The van der Waals surface area contributed by atoms with E-state index < -0.39 is 24.2 Å². The minimum atomic E-state index is -0.425. The maximum Gasteiger partial charge on any atom is 0.143 e. The number of hydrogen-bond donors (Lipinski definition) is 0. The van der Waals surface area contributed by atoms with Crippen molar-refractivity contribution in [3.8, 4) is 39.1 Å². The zero-order valence-corrected chi connectivity index (χ0v) is 32.6. The molecule has 0 aliphatic rings. The molecule has 2 heterocycles. The maximum atomic E-state index is 9.84. The molecule has 0 aliphatic carbocycles. The molecular weight excluding hydrogens is 741 g/mol. The van der Waals surface area contributed by atoms with E-state index in [0.29, 0.717) is 38.8 Å². The van der Waals surface area contributed by atoms with Gasteiger partial charge >= 0.3 is 0 Å². The second kappa shape index (κ2) is 14.3. The summed E-state index contributed by atoms with van der Waals surface area (Å²) in [5, 5.41) is 4.87. The van der Waals surface area contributed by atoms with Crippen molar-refractivity contribution in [3.63, 3.8) is 0 Å². The van der Waals surface area contributed by atoms with E-state index in [1.54, 1.807) is 30.3 Å². The molecule has 10 aromatic carbocycles. The van der Waals surface area contributed by atoms with E-state index in [0.717, 1.165) is 49.4 Å². The number of para-hydroxylation sites is 2. The predicted molar refractivity (Wildman–Crippen MR) is 257 cm³/mol. The normalized spacial score (nSPS) is 13.4. The van der Waals surface area contributed by atoms with E-state index in [2.05, 4.69) is 4.57 Å². The molecule has 0 fully saturated rings. The Morgan fingerprint density at radius 2 is 0.967 bits per heavy atom. The second-order valence-electron chi connectivity index (χ2n) is 15.1. The van der Waals surface area contributed by atoms with Crippen molar-refractivity contribution < 1.29 is 15.4 Å². The maximum absolute atomic E-state index is 9.84. The second-order valence-corrected chi connectivity index (χ2v) is 15.1. The Bertz CT molecular complexity index is 4000. The van der Waals surface area contributed by atoms with Crippen LogP contribution < -0.4 is 4.90 Å². The van der Waals surface area contributed by atoms with Crippen LogP contribution in [0, 0.1) is 0 Å². The van der Waals surface area contributed by atoms with Crippen LogP contribution >= 0.6 is 0 Å². The van der Waals surface area contributed by atoms with E-state index in [1.807, 2.05) is 152 Å². The lowest BCUT2D eigenvalue weighted by Gasteiger charge is -2.26. The summed E-state index contributed by atoms with van der Waals surface area (Å²) in [6.07, 6.45) is 0. The Balaban J connectivity index is 1.10. The molecule has 0 radical (unpaired) electrons. The van der Waals surface area contributed by atoms with Gasteiger partial charge in [-0.3, -0.25) is 0 Å². The molecule has 0 N–H and O–H groups in total. The molecule has 61 heavy (non-hydrogen) atoms. The molecule has 0 bridgehead atoms. The van der Waals surface area contributed by atoms with Crippen LogP contribution in [0.15, 0.2) is 235 Å². The highest BCUT2D eigenvalue weighted by Gasteiger charge is 2.21. The Hall–Kier alpha value is -8.14. The summed E-state index contributed by atoms with van der Waals surface area (Å²) in [5.41, 5.74) is 6.78. The standard InChI is InChI=1S/C58H38N2O/c1-3-12-39(13-4-1)40-22-24-41(25-23-40)42-26-32-47(33-27-42)59(55-20-11-21-56-57(55)51-36-30-44-14-7-8-17-49(44)58(51)61-56)48-34-28-43(29-35-48)45-31-37-54-52(38-45)50-18-9-10-19-53(50)60(54)46-15-5-2-6-16-46/h1-38H/i26D,27D,28D,29D,32D,33D,34D,35D. The van der Waals surface area contributed by atoms with Gasteiger partial charge in [0.15, 0.2) is 0 Å². The number of anilines is 3. The molecule has 286 valence electrons. The molecule has 0 aliphatic heterocycles. The van der Waals surface area contributed by atoms with Gasteiger partial charge in [-0.15, -0.1) is 0 Å². The van der Waals surface area contributed by atoms with Gasteiger partial charge in [-0.25, -0.2) is 0 Å². The zero-order valence-electron chi connectivity index (χ0n) is 40.6. The van der Waals surface area contributed by atoms with E-state index in [9.17, 15) is 11.0 Å². The molecule has 12 rings (SSSR count). The van der Waals surface area contributed by atoms with Gasteiger partial charge in [0.05, 0.1) is 33.1 Å². The SMILES string of the molecule is [2H]c1c([2H])c(N(c2c([2H])c([2H])c(-c3ccc4c(c3)c3ccccc3n4-c3ccccc3)c([2H])c2[2H])c2cccc3oc4c5ccccc5ccc4c23)c([2H])c([2H])c1-c1ccc(-c2ccccc2)cc1. The average molecular weight is 787 g/mol. The summed E-state index contributed by atoms with van der Waals surface area (Å²) in [4.78, 5) is 1.37. The Morgan fingerprint density at radius 1 is 0.393 bits per heavy atom. The van der Waals surface area contributed by atoms with Gasteiger partial charge in [-0.1, -0.05) is 158 Å². The number of nitrogens with zero attached hydrogens (tertiary/aromatic N) is 2. The highest BCUT2D eigenvalue weighted by atomic mass is 16.3. The quantitative estimate of drug-likeness (QED) is 0.160. The molecular formula is C58H38N2O.